The van der Waals surface area contributed by atoms with Crippen molar-refractivity contribution in [2.45, 2.75) is 20.1 Å². The third-order valence-corrected chi connectivity index (χ3v) is 5.26. The van der Waals surface area contributed by atoms with E-state index < -0.39 is 0 Å². The molecule has 158 valence electrons. The van der Waals surface area contributed by atoms with Crippen molar-refractivity contribution in [3.63, 3.8) is 0 Å². The molecule has 0 aliphatic rings. The maximum absolute atomic E-state index is 9.06. The highest BCUT2D eigenvalue weighted by Crippen LogP contribution is 2.37. The first-order valence-electron chi connectivity index (χ1n) is 9.68. The second kappa shape index (κ2) is 11.4. The molecule has 0 heterocycles. The quantitative estimate of drug-likeness (QED) is 0.287. The average molecular weight is 499 g/mol. The van der Waals surface area contributed by atoms with Crippen LogP contribution in [0.2, 0.25) is 5.02 Å². The molecule has 0 aliphatic carbocycles. The summed E-state index contributed by atoms with van der Waals surface area (Å²) in [5.41, 5.74) is 6.33. The van der Waals surface area contributed by atoms with E-state index in [2.05, 4.69) is 32.5 Å². The van der Waals surface area contributed by atoms with Crippen molar-refractivity contribution in [1.29, 1.82) is 5.26 Å². The van der Waals surface area contributed by atoms with Crippen molar-refractivity contribution in [1.82, 2.24) is 5.43 Å². The van der Waals surface area contributed by atoms with Gasteiger partial charge in [0.25, 0.3) is 0 Å². The molecule has 0 fully saturated rings. The maximum Gasteiger partial charge on any atom is 0.175 e. The minimum absolute atomic E-state index is 0.320. The normalized spacial score (nSPS) is 10.6. The van der Waals surface area contributed by atoms with E-state index in [0.717, 1.165) is 21.2 Å². The summed E-state index contributed by atoms with van der Waals surface area (Å²) in [6.45, 7) is 3.26. The zero-order valence-electron chi connectivity index (χ0n) is 16.9. The Kier molecular flexibility index (Phi) is 8.34. The molecule has 3 aromatic rings. The number of nitrogens with one attached hydrogen (secondary N) is 1. The van der Waals surface area contributed by atoms with E-state index in [1.165, 1.54) is 0 Å². The Bertz CT molecular complexity index is 1110. The van der Waals surface area contributed by atoms with Crippen molar-refractivity contribution < 1.29 is 9.47 Å². The van der Waals surface area contributed by atoms with Gasteiger partial charge in [-0.1, -0.05) is 41.9 Å². The van der Waals surface area contributed by atoms with Crippen LogP contribution in [0.1, 0.15) is 29.2 Å². The molecule has 7 heteroatoms. The van der Waals surface area contributed by atoms with Gasteiger partial charge in [-0.25, -0.2) is 0 Å². The Morgan fingerprint density at radius 1 is 1.13 bits per heavy atom. The molecule has 0 amide bonds. The second-order valence-electron chi connectivity index (χ2n) is 6.55. The number of nitrogens with zero attached hydrogens (tertiary/aromatic N) is 2. The Labute approximate surface area is 195 Å². The molecule has 0 spiro atoms. The summed E-state index contributed by atoms with van der Waals surface area (Å²) in [6.07, 6.45) is 1.71. The summed E-state index contributed by atoms with van der Waals surface area (Å²) in [5.74, 6) is 1.21. The van der Waals surface area contributed by atoms with E-state index in [1.54, 1.807) is 18.3 Å². The number of ether oxygens (including phenoxy) is 2. The van der Waals surface area contributed by atoms with E-state index >= 15 is 0 Å². The van der Waals surface area contributed by atoms with E-state index in [0.29, 0.717) is 41.8 Å². The van der Waals surface area contributed by atoms with Gasteiger partial charge in [-0.15, -0.1) is 0 Å². The van der Waals surface area contributed by atoms with Crippen LogP contribution in [0.25, 0.3) is 0 Å². The first-order chi connectivity index (χ1) is 15.1. The first-order valence-corrected chi connectivity index (χ1v) is 10.8. The van der Waals surface area contributed by atoms with Crippen LogP contribution in [0.15, 0.2) is 70.2 Å². The van der Waals surface area contributed by atoms with E-state index in [-0.39, 0.29) is 0 Å². The number of nitriles is 1. The van der Waals surface area contributed by atoms with Gasteiger partial charge in [-0.05, 0) is 69.9 Å². The Hall–Kier alpha value is -3.01. The minimum atomic E-state index is 0.320. The molecule has 0 unspecified atom stereocenters. The van der Waals surface area contributed by atoms with Gasteiger partial charge in [0.1, 0.15) is 6.61 Å². The number of hydrogen-bond donors (Lipinski definition) is 1. The summed E-state index contributed by atoms with van der Waals surface area (Å²) in [4.78, 5) is 0. The van der Waals surface area contributed by atoms with Crippen LogP contribution in [0.3, 0.4) is 0 Å². The zero-order chi connectivity index (χ0) is 22.1. The predicted octanol–water partition coefficient (Wildman–Crippen LogP) is 6.08. The summed E-state index contributed by atoms with van der Waals surface area (Å²) in [5, 5.41) is 14.0. The summed E-state index contributed by atoms with van der Waals surface area (Å²) in [6, 6.07) is 20.9. The lowest BCUT2D eigenvalue weighted by Gasteiger charge is -2.15. The molecule has 5 nitrogen and oxygen atoms in total. The molecule has 3 rings (SSSR count). The van der Waals surface area contributed by atoms with Crippen molar-refractivity contribution in [3.8, 4) is 17.6 Å². The van der Waals surface area contributed by atoms with Crippen molar-refractivity contribution in [3.05, 3.63) is 92.4 Å². The first kappa shape index (κ1) is 22.7. The third-order valence-electron chi connectivity index (χ3n) is 4.30. The van der Waals surface area contributed by atoms with Gasteiger partial charge in [-0.2, -0.15) is 10.4 Å². The second-order valence-corrected chi connectivity index (χ2v) is 7.81. The van der Waals surface area contributed by atoms with Crippen LogP contribution >= 0.6 is 27.5 Å². The molecule has 0 bridgehead atoms. The molecule has 0 radical (unpaired) electrons. The fourth-order valence-electron chi connectivity index (χ4n) is 2.84. The van der Waals surface area contributed by atoms with Crippen LogP contribution < -0.4 is 14.9 Å². The van der Waals surface area contributed by atoms with Crippen LogP contribution in [0, 0.1) is 11.3 Å². The fraction of sp³-hybridized carbons (Fsp3) is 0.167. The van der Waals surface area contributed by atoms with Crippen molar-refractivity contribution >= 4 is 33.7 Å². The van der Waals surface area contributed by atoms with E-state index in [1.807, 2.05) is 55.5 Å². The molecular weight excluding hydrogens is 478 g/mol. The summed E-state index contributed by atoms with van der Waals surface area (Å²) in [7, 11) is 0. The van der Waals surface area contributed by atoms with Gasteiger partial charge in [-0.3, -0.25) is 0 Å². The molecule has 0 aliphatic heterocycles. The average Bonchev–Trinajstić information content (AvgIpc) is 2.77. The Morgan fingerprint density at radius 2 is 1.97 bits per heavy atom. The van der Waals surface area contributed by atoms with Crippen LogP contribution in [0.5, 0.6) is 11.5 Å². The molecular formula is C24H21BrClN3O2. The lowest BCUT2D eigenvalue weighted by atomic mass is 10.1. The van der Waals surface area contributed by atoms with Gasteiger partial charge >= 0.3 is 0 Å². The van der Waals surface area contributed by atoms with Gasteiger partial charge in [0, 0.05) is 5.02 Å². The number of hydrogen-bond acceptors (Lipinski definition) is 5. The molecule has 0 atom stereocenters. The largest absolute Gasteiger partial charge is 0.490 e. The van der Waals surface area contributed by atoms with Crippen LogP contribution in [0.4, 0.5) is 0 Å². The van der Waals surface area contributed by atoms with Gasteiger partial charge in [0.05, 0.1) is 35.5 Å². The SMILES string of the molecule is CCOc1cc(/C=N\NCc2ccccc2Cl)cc(Br)c1OCc1cccc(C#N)c1. The zero-order valence-corrected chi connectivity index (χ0v) is 19.3. The maximum atomic E-state index is 9.06. The fourth-order valence-corrected chi connectivity index (χ4v) is 3.62. The highest BCUT2D eigenvalue weighted by Gasteiger charge is 2.12. The third kappa shape index (κ3) is 6.48. The summed E-state index contributed by atoms with van der Waals surface area (Å²) >= 11 is 9.73. The number of halogens is 2. The number of rotatable bonds is 9. The Balaban J connectivity index is 1.70. The van der Waals surface area contributed by atoms with Crippen LogP contribution in [-0.4, -0.2) is 12.8 Å². The van der Waals surface area contributed by atoms with Gasteiger partial charge in [0.2, 0.25) is 0 Å². The van der Waals surface area contributed by atoms with Crippen molar-refractivity contribution in [2.24, 2.45) is 5.10 Å². The molecule has 0 saturated heterocycles. The molecule has 0 saturated carbocycles. The highest BCUT2D eigenvalue weighted by atomic mass is 79.9. The van der Waals surface area contributed by atoms with Crippen LogP contribution in [-0.2, 0) is 13.2 Å². The van der Waals surface area contributed by atoms with E-state index in [9.17, 15) is 0 Å². The Morgan fingerprint density at radius 3 is 2.74 bits per heavy atom. The molecule has 3 aromatic carbocycles. The molecule has 1 N–H and O–H groups in total. The lowest BCUT2D eigenvalue weighted by Crippen LogP contribution is -2.06. The lowest BCUT2D eigenvalue weighted by molar-refractivity contribution is 0.267. The molecule has 0 aromatic heterocycles. The number of hydrazone groups is 1. The standard InChI is InChI=1S/C24H21BrClN3O2/c1-2-30-23-12-19(14-28-29-15-20-8-3-4-9-22(20)26)11-21(25)24(23)31-16-18-7-5-6-17(10-18)13-27/h3-12,14,29H,2,15-16H2,1H3/b28-14-. The van der Waals surface area contributed by atoms with E-state index in [4.69, 9.17) is 26.3 Å². The smallest absolute Gasteiger partial charge is 0.175 e. The topological polar surface area (TPSA) is 66.6 Å². The molecule has 31 heavy (non-hydrogen) atoms. The monoisotopic (exact) mass is 497 g/mol. The number of benzene rings is 3. The highest BCUT2D eigenvalue weighted by molar-refractivity contribution is 9.10. The summed E-state index contributed by atoms with van der Waals surface area (Å²) < 4.78 is 12.5. The van der Waals surface area contributed by atoms with Crippen molar-refractivity contribution in [2.75, 3.05) is 6.61 Å². The van der Waals surface area contributed by atoms with Gasteiger partial charge in [0.15, 0.2) is 11.5 Å². The predicted molar refractivity (Wildman–Crippen MR) is 127 cm³/mol. The minimum Gasteiger partial charge on any atom is -0.490 e. The van der Waals surface area contributed by atoms with Gasteiger partial charge < -0.3 is 14.9 Å².